The van der Waals surface area contributed by atoms with E-state index in [9.17, 15) is 19.7 Å². The number of nitrogens with zero attached hydrogens (tertiary/aromatic N) is 2. The number of carbonyl (C=O) groups excluding carboxylic acids is 2. The highest BCUT2D eigenvalue weighted by Crippen LogP contribution is 2.21. The van der Waals surface area contributed by atoms with Gasteiger partial charge in [0, 0.05) is 12.1 Å². The molecule has 0 aliphatic rings. The van der Waals surface area contributed by atoms with E-state index in [1.165, 1.54) is 36.0 Å². The van der Waals surface area contributed by atoms with Crippen LogP contribution in [0.3, 0.4) is 0 Å². The van der Waals surface area contributed by atoms with Crippen molar-refractivity contribution >= 4 is 23.8 Å². The first-order chi connectivity index (χ1) is 16.9. The Morgan fingerprint density at radius 3 is 2.43 bits per heavy atom. The average Bonchev–Trinajstić information content (AvgIpc) is 2.87. The first-order valence-electron chi connectivity index (χ1n) is 11.0. The number of benzene rings is 3. The number of rotatable bonds is 10. The van der Waals surface area contributed by atoms with Gasteiger partial charge in [-0.05, 0) is 59.9 Å². The number of nitro benzene ring substituents is 1. The number of non-ortho nitro benzene ring substituents is 1. The van der Waals surface area contributed by atoms with Gasteiger partial charge in [-0.1, -0.05) is 38.1 Å². The van der Waals surface area contributed by atoms with Crippen LogP contribution in [0, 0.1) is 10.1 Å². The van der Waals surface area contributed by atoms with Crippen molar-refractivity contribution in [2.24, 2.45) is 5.10 Å². The van der Waals surface area contributed by atoms with Crippen LogP contribution in [-0.4, -0.2) is 29.6 Å². The molecule has 0 spiro atoms. The first-order valence-corrected chi connectivity index (χ1v) is 11.0. The van der Waals surface area contributed by atoms with Crippen LogP contribution in [0.4, 0.5) is 5.69 Å². The fraction of sp³-hybridized carbons (Fsp3) is 0.192. The minimum absolute atomic E-state index is 0.119. The smallest absolute Gasteiger partial charge is 0.343 e. The molecule has 1 amide bonds. The highest BCUT2D eigenvalue weighted by Gasteiger charge is 2.12. The molecular formula is C26H25N3O6. The molecule has 0 saturated carbocycles. The zero-order valence-electron chi connectivity index (χ0n) is 19.3. The molecule has 3 aromatic carbocycles. The molecule has 3 rings (SSSR count). The first kappa shape index (κ1) is 25.1. The molecule has 0 bridgehead atoms. The summed E-state index contributed by atoms with van der Waals surface area (Å²) in [6, 6.07) is 19.3. The van der Waals surface area contributed by atoms with Gasteiger partial charge in [-0.15, -0.1) is 0 Å². The lowest BCUT2D eigenvalue weighted by Crippen LogP contribution is -2.24. The van der Waals surface area contributed by atoms with E-state index in [4.69, 9.17) is 9.47 Å². The lowest BCUT2D eigenvalue weighted by atomic mass is 9.99. The van der Waals surface area contributed by atoms with Crippen LogP contribution in [0.5, 0.6) is 11.5 Å². The third-order valence-electron chi connectivity index (χ3n) is 5.22. The van der Waals surface area contributed by atoms with Gasteiger partial charge in [0.2, 0.25) is 0 Å². The van der Waals surface area contributed by atoms with E-state index >= 15 is 0 Å². The normalized spacial score (nSPS) is 11.6. The molecule has 0 aliphatic heterocycles. The molecule has 1 atom stereocenters. The predicted molar refractivity (Wildman–Crippen MR) is 131 cm³/mol. The summed E-state index contributed by atoms with van der Waals surface area (Å²) in [5.74, 6) is 0.238. The Kier molecular flexibility index (Phi) is 8.66. The highest BCUT2D eigenvalue weighted by atomic mass is 16.6. The molecule has 0 aliphatic carbocycles. The van der Waals surface area contributed by atoms with Crippen molar-refractivity contribution < 1.29 is 24.0 Å². The van der Waals surface area contributed by atoms with Crippen LogP contribution >= 0.6 is 0 Å². The van der Waals surface area contributed by atoms with E-state index in [2.05, 4.69) is 24.4 Å². The quantitative estimate of drug-likeness (QED) is 0.147. The fourth-order valence-corrected chi connectivity index (χ4v) is 3.03. The fourth-order valence-electron chi connectivity index (χ4n) is 3.03. The van der Waals surface area contributed by atoms with Gasteiger partial charge in [-0.25, -0.2) is 10.2 Å². The minimum Gasteiger partial charge on any atom is -0.484 e. The van der Waals surface area contributed by atoms with E-state index in [1.807, 2.05) is 24.3 Å². The van der Waals surface area contributed by atoms with Crippen LogP contribution in [0.1, 0.15) is 47.7 Å². The van der Waals surface area contributed by atoms with Gasteiger partial charge < -0.3 is 9.47 Å². The van der Waals surface area contributed by atoms with Crippen molar-refractivity contribution in [3.8, 4) is 11.5 Å². The summed E-state index contributed by atoms with van der Waals surface area (Å²) in [4.78, 5) is 34.4. The topological polar surface area (TPSA) is 120 Å². The molecule has 9 nitrogen and oxygen atoms in total. The monoisotopic (exact) mass is 475 g/mol. The van der Waals surface area contributed by atoms with Crippen molar-refractivity contribution in [1.82, 2.24) is 5.43 Å². The zero-order valence-corrected chi connectivity index (χ0v) is 19.3. The van der Waals surface area contributed by atoms with Crippen molar-refractivity contribution in [3.63, 3.8) is 0 Å². The second kappa shape index (κ2) is 12.1. The van der Waals surface area contributed by atoms with Crippen molar-refractivity contribution in [3.05, 3.63) is 99.6 Å². The second-order valence-corrected chi connectivity index (χ2v) is 7.73. The second-order valence-electron chi connectivity index (χ2n) is 7.73. The molecule has 180 valence electrons. The summed E-state index contributed by atoms with van der Waals surface area (Å²) in [5, 5.41) is 14.6. The number of hydrogen-bond acceptors (Lipinski definition) is 7. The van der Waals surface area contributed by atoms with Crippen molar-refractivity contribution in [1.29, 1.82) is 0 Å². The molecule has 0 fully saturated rings. The molecule has 0 radical (unpaired) electrons. The molecule has 0 heterocycles. The maximum atomic E-state index is 12.3. The molecule has 1 N–H and O–H groups in total. The molecule has 0 aromatic heterocycles. The summed E-state index contributed by atoms with van der Waals surface area (Å²) in [6.07, 6.45) is 2.45. The van der Waals surface area contributed by atoms with Crippen LogP contribution in [0.2, 0.25) is 0 Å². The maximum absolute atomic E-state index is 12.3. The summed E-state index contributed by atoms with van der Waals surface area (Å²) in [5.41, 5.74) is 4.24. The Morgan fingerprint density at radius 2 is 1.77 bits per heavy atom. The minimum atomic E-state index is -0.656. The lowest BCUT2D eigenvalue weighted by Gasteiger charge is -2.10. The third-order valence-corrected chi connectivity index (χ3v) is 5.22. The predicted octanol–water partition coefficient (Wildman–Crippen LogP) is 4.86. The van der Waals surface area contributed by atoms with Crippen LogP contribution in [0.25, 0.3) is 0 Å². The van der Waals surface area contributed by atoms with E-state index in [0.717, 1.165) is 6.42 Å². The number of nitrogens with one attached hydrogen (secondary N) is 1. The number of amides is 1. The lowest BCUT2D eigenvalue weighted by molar-refractivity contribution is -0.384. The summed E-state index contributed by atoms with van der Waals surface area (Å²) < 4.78 is 10.8. The standard InChI is InChI=1S/C26H25N3O6/c1-3-18(2)20-9-13-23(14-10-20)34-17-25(30)28-27-16-19-5-4-6-24(15-19)35-26(31)21-7-11-22(12-8-21)29(32)33/h4-16,18H,3,17H2,1-2H3,(H,28,30)/b27-16+/t18-/m1/s1. The van der Waals surface area contributed by atoms with Crippen molar-refractivity contribution in [2.75, 3.05) is 6.61 Å². The Labute approximate surface area is 202 Å². The number of hydrogen-bond donors (Lipinski definition) is 1. The number of esters is 1. The summed E-state index contributed by atoms with van der Waals surface area (Å²) in [7, 11) is 0. The van der Waals surface area contributed by atoms with Gasteiger partial charge in [-0.2, -0.15) is 5.10 Å². The van der Waals surface area contributed by atoms with E-state index in [0.29, 0.717) is 17.2 Å². The van der Waals surface area contributed by atoms with E-state index in [-0.39, 0.29) is 23.6 Å². The van der Waals surface area contributed by atoms with Gasteiger partial charge in [0.15, 0.2) is 6.61 Å². The van der Waals surface area contributed by atoms with Crippen LogP contribution in [0.15, 0.2) is 77.9 Å². The molecule has 35 heavy (non-hydrogen) atoms. The Hall–Kier alpha value is -4.53. The molecule has 0 unspecified atom stereocenters. The Bertz CT molecular complexity index is 1210. The number of nitro groups is 1. The van der Waals surface area contributed by atoms with Gasteiger partial charge in [0.25, 0.3) is 11.6 Å². The molecule has 0 saturated heterocycles. The maximum Gasteiger partial charge on any atom is 0.343 e. The molecular weight excluding hydrogens is 450 g/mol. The third kappa shape index (κ3) is 7.50. The van der Waals surface area contributed by atoms with Crippen LogP contribution < -0.4 is 14.9 Å². The van der Waals surface area contributed by atoms with Gasteiger partial charge >= 0.3 is 5.97 Å². The van der Waals surface area contributed by atoms with Gasteiger partial charge in [0.05, 0.1) is 16.7 Å². The molecule has 3 aromatic rings. The average molecular weight is 476 g/mol. The Morgan fingerprint density at radius 1 is 1.06 bits per heavy atom. The summed E-state index contributed by atoms with van der Waals surface area (Å²) >= 11 is 0. The number of ether oxygens (including phenoxy) is 2. The highest BCUT2D eigenvalue weighted by molar-refractivity contribution is 5.91. The van der Waals surface area contributed by atoms with E-state index < -0.39 is 16.8 Å². The van der Waals surface area contributed by atoms with Gasteiger partial charge in [0.1, 0.15) is 11.5 Å². The number of hydrazone groups is 1. The van der Waals surface area contributed by atoms with Gasteiger partial charge in [-0.3, -0.25) is 14.9 Å². The largest absolute Gasteiger partial charge is 0.484 e. The number of carbonyl (C=O) groups is 2. The SMILES string of the molecule is CC[C@@H](C)c1ccc(OCC(=O)N/N=C/c2cccc(OC(=O)c3ccc([N+](=O)[O-])cc3)c2)cc1. The zero-order chi connectivity index (χ0) is 25.2. The molecule has 9 heteroatoms. The van der Waals surface area contributed by atoms with Crippen molar-refractivity contribution in [2.45, 2.75) is 26.2 Å². The van der Waals surface area contributed by atoms with Crippen LogP contribution in [-0.2, 0) is 4.79 Å². The van der Waals surface area contributed by atoms with E-state index in [1.54, 1.807) is 24.3 Å². The summed E-state index contributed by atoms with van der Waals surface area (Å²) in [6.45, 7) is 4.09. The Balaban J connectivity index is 1.49.